The number of hydrogen-bond acceptors (Lipinski definition) is 4. The van der Waals surface area contributed by atoms with Gasteiger partial charge in [-0.1, -0.05) is 20.8 Å². The first-order valence-electron chi connectivity index (χ1n) is 6.69. The largest absolute Gasteiger partial charge is 0.481 e. The van der Waals surface area contributed by atoms with Crippen molar-refractivity contribution in [2.75, 3.05) is 11.4 Å². The molecule has 0 aromatic carbocycles. The molecule has 0 amide bonds. The minimum absolute atomic E-state index is 0.0259. The fourth-order valence-electron chi connectivity index (χ4n) is 2.37. The Morgan fingerprint density at radius 2 is 2.05 bits per heavy atom. The molecule has 1 aromatic heterocycles. The van der Waals surface area contributed by atoms with Gasteiger partial charge >= 0.3 is 5.97 Å². The minimum atomic E-state index is -0.761. The summed E-state index contributed by atoms with van der Waals surface area (Å²) in [5, 5.41) is 8.92. The second-order valence-corrected chi connectivity index (χ2v) is 6.11. The zero-order chi connectivity index (χ0) is 14.0. The Kier molecular flexibility index (Phi) is 3.73. The highest BCUT2D eigenvalue weighted by Crippen LogP contribution is 2.26. The third-order valence-electron chi connectivity index (χ3n) is 3.55. The minimum Gasteiger partial charge on any atom is -0.481 e. The van der Waals surface area contributed by atoms with Crippen molar-refractivity contribution in [2.24, 2.45) is 0 Å². The van der Waals surface area contributed by atoms with Crippen LogP contribution >= 0.6 is 0 Å². The molecule has 0 aliphatic carbocycles. The molecule has 5 nitrogen and oxygen atoms in total. The lowest BCUT2D eigenvalue weighted by molar-refractivity contribution is -0.137. The highest BCUT2D eigenvalue weighted by atomic mass is 16.4. The molecule has 1 unspecified atom stereocenters. The standard InChI is InChI=1S/C14H21N3O2/c1-14(2,3)10-8-15-13(16-9-10)17-6-4-5-11(17)7-12(18)19/h8-9,11H,4-7H2,1-3H3,(H,18,19). The van der Waals surface area contributed by atoms with Gasteiger partial charge in [-0.25, -0.2) is 9.97 Å². The van der Waals surface area contributed by atoms with Gasteiger partial charge in [0.25, 0.3) is 0 Å². The van der Waals surface area contributed by atoms with E-state index in [2.05, 4.69) is 30.7 Å². The van der Waals surface area contributed by atoms with E-state index >= 15 is 0 Å². The fourth-order valence-corrected chi connectivity index (χ4v) is 2.37. The molecular formula is C14H21N3O2. The van der Waals surface area contributed by atoms with E-state index in [1.807, 2.05) is 17.3 Å². The number of anilines is 1. The van der Waals surface area contributed by atoms with Crippen LogP contribution in [0.2, 0.25) is 0 Å². The second-order valence-electron chi connectivity index (χ2n) is 6.11. The smallest absolute Gasteiger partial charge is 0.305 e. The van der Waals surface area contributed by atoms with Gasteiger partial charge < -0.3 is 10.0 Å². The summed E-state index contributed by atoms with van der Waals surface area (Å²) < 4.78 is 0. The topological polar surface area (TPSA) is 66.3 Å². The first-order valence-corrected chi connectivity index (χ1v) is 6.69. The lowest BCUT2D eigenvalue weighted by Gasteiger charge is -2.24. The van der Waals surface area contributed by atoms with Crippen LogP contribution in [0.1, 0.15) is 45.6 Å². The quantitative estimate of drug-likeness (QED) is 0.905. The molecule has 2 heterocycles. The lowest BCUT2D eigenvalue weighted by atomic mass is 9.89. The van der Waals surface area contributed by atoms with Crippen LogP contribution < -0.4 is 4.90 Å². The predicted octanol–water partition coefficient (Wildman–Crippen LogP) is 2.22. The van der Waals surface area contributed by atoms with Gasteiger partial charge in [-0.15, -0.1) is 0 Å². The normalized spacial score (nSPS) is 19.7. The summed E-state index contributed by atoms with van der Waals surface area (Å²) in [6, 6.07) is 0.0259. The molecule has 0 saturated carbocycles. The summed E-state index contributed by atoms with van der Waals surface area (Å²) in [7, 11) is 0. The third kappa shape index (κ3) is 3.22. The average molecular weight is 263 g/mol. The van der Waals surface area contributed by atoms with Crippen molar-refractivity contribution in [1.82, 2.24) is 9.97 Å². The SMILES string of the molecule is CC(C)(C)c1cnc(N2CCCC2CC(=O)O)nc1. The van der Waals surface area contributed by atoms with Crippen LogP contribution in [0.3, 0.4) is 0 Å². The maximum absolute atomic E-state index is 10.9. The van der Waals surface area contributed by atoms with Crippen LogP contribution in [0.25, 0.3) is 0 Å². The van der Waals surface area contributed by atoms with Crippen LogP contribution in [0, 0.1) is 0 Å². The number of carboxylic acids is 1. The van der Waals surface area contributed by atoms with Gasteiger partial charge in [-0.2, -0.15) is 0 Å². The van der Waals surface area contributed by atoms with Gasteiger partial charge in [0.1, 0.15) is 0 Å². The summed E-state index contributed by atoms with van der Waals surface area (Å²) in [6.45, 7) is 7.20. The van der Waals surface area contributed by atoms with Crippen molar-refractivity contribution >= 4 is 11.9 Å². The summed E-state index contributed by atoms with van der Waals surface area (Å²) in [6.07, 6.45) is 5.75. The maximum atomic E-state index is 10.9. The average Bonchev–Trinajstić information content (AvgIpc) is 2.75. The van der Waals surface area contributed by atoms with Crippen molar-refractivity contribution < 1.29 is 9.90 Å². The van der Waals surface area contributed by atoms with Gasteiger partial charge in [-0.05, 0) is 23.8 Å². The molecule has 2 rings (SSSR count). The Balaban J connectivity index is 2.15. The molecule has 0 spiro atoms. The number of rotatable bonds is 3. The second kappa shape index (κ2) is 5.15. The highest BCUT2D eigenvalue weighted by Gasteiger charge is 2.28. The molecule has 1 N–H and O–H groups in total. The summed E-state index contributed by atoms with van der Waals surface area (Å²) >= 11 is 0. The Labute approximate surface area is 113 Å². The van der Waals surface area contributed by atoms with Gasteiger partial charge in [-0.3, -0.25) is 4.79 Å². The summed E-state index contributed by atoms with van der Waals surface area (Å²) in [4.78, 5) is 21.7. The molecule has 0 radical (unpaired) electrons. The number of aromatic nitrogens is 2. The zero-order valence-corrected chi connectivity index (χ0v) is 11.8. The first kappa shape index (κ1) is 13.8. The molecule has 1 aliphatic heterocycles. The van der Waals surface area contributed by atoms with E-state index in [0.29, 0.717) is 5.95 Å². The molecule has 1 aliphatic rings. The number of nitrogens with zero attached hydrogens (tertiary/aromatic N) is 3. The molecule has 1 fully saturated rings. The van der Waals surface area contributed by atoms with E-state index in [9.17, 15) is 4.79 Å². The van der Waals surface area contributed by atoms with Crippen molar-refractivity contribution in [1.29, 1.82) is 0 Å². The van der Waals surface area contributed by atoms with Gasteiger partial charge in [0.05, 0.1) is 6.42 Å². The molecular weight excluding hydrogens is 242 g/mol. The Morgan fingerprint density at radius 3 is 2.58 bits per heavy atom. The van der Waals surface area contributed by atoms with Crippen molar-refractivity contribution in [3.8, 4) is 0 Å². The lowest BCUT2D eigenvalue weighted by Crippen LogP contribution is -2.32. The highest BCUT2D eigenvalue weighted by molar-refractivity contribution is 5.68. The van der Waals surface area contributed by atoms with Crippen molar-refractivity contribution in [3.63, 3.8) is 0 Å². The summed E-state index contributed by atoms with van der Waals surface area (Å²) in [5.41, 5.74) is 1.12. The number of carbonyl (C=O) groups is 1. The van der Waals surface area contributed by atoms with E-state index < -0.39 is 5.97 Å². The maximum Gasteiger partial charge on any atom is 0.305 e. The number of hydrogen-bond donors (Lipinski definition) is 1. The van der Waals surface area contributed by atoms with Crippen LogP contribution in [-0.4, -0.2) is 33.6 Å². The van der Waals surface area contributed by atoms with Crippen LogP contribution in [0.5, 0.6) is 0 Å². The molecule has 1 saturated heterocycles. The van der Waals surface area contributed by atoms with E-state index in [-0.39, 0.29) is 17.9 Å². The van der Waals surface area contributed by atoms with Crippen molar-refractivity contribution in [2.45, 2.75) is 51.5 Å². The van der Waals surface area contributed by atoms with E-state index in [0.717, 1.165) is 24.9 Å². The fraction of sp³-hybridized carbons (Fsp3) is 0.643. The van der Waals surface area contributed by atoms with Gasteiger partial charge in [0, 0.05) is 25.0 Å². The predicted molar refractivity (Wildman–Crippen MR) is 73.4 cm³/mol. The number of carboxylic acid groups (broad SMARTS) is 1. The molecule has 1 atom stereocenters. The van der Waals surface area contributed by atoms with Gasteiger partial charge in [0.2, 0.25) is 5.95 Å². The van der Waals surface area contributed by atoms with Crippen molar-refractivity contribution in [3.05, 3.63) is 18.0 Å². The van der Waals surface area contributed by atoms with E-state index in [4.69, 9.17) is 5.11 Å². The van der Waals surface area contributed by atoms with E-state index in [1.165, 1.54) is 0 Å². The monoisotopic (exact) mass is 263 g/mol. The first-order chi connectivity index (χ1) is 8.88. The Hall–Kier alpha value is -1.65. The Morgan fingerprint density at radius 1 is 1.42 bits per heavy atom. The van der Waals surface area contributed by atoms with Gasteiger partial charge in [0.15, 0.2) is 0 Å². The van der Waals surface area contributed by atoms with Crippen LogP contribution in [0.4, 0.5) is 5.95 Å². The van der Waals surface area contributed by atoms with Crippen LogP contribution in [0.15, 0.2) is 12.4 Å². The molecule has 0 bridgehead atoms. The molecule has 5 heteroatoms. The molecule has 19 heavy (non-hydrogen) atoms. The van der Waals surface area contributed by atoms with E-state index in [1.54, 1.807) is 0 Å². The zero-order valence-electron chi connectivity index (χ0n) is 11.8. The third-order valence-corrected chi connectivity index (χ3v) is 3.55. The molecule has 1 aromatic rings. The number of aliphatic carboxylic acids is 1. The molecule has 104 valence electrons. The van der Waals surface area contributed by atoms with Crippen LogP contribution in [-0.2, 0) is 10.2 Å². The summed E-state index contributed by atoms with van der Waals surface area (Å²) in [5.74, 6) is -0.111. The Bertz CT molecular complexity index is 451.